The molecule has 10 heteroatoms. The quantitative estimate of drug-likeness (QED) is 0.414. The zero-order valence-corrected chi connectivity index (χ0v) is 15.1. The minimum absolute atomic E-state index is 0.0749. The summed E-state index contributed by atoms with van der Waals surface area (Å²) in [6.45, 7) is 2.96. The zero-order chi connectivity index (χ0) is 19.2. The molecule has 1 aromatic rings. The Labute approximate surface area is 146 Å². The van der Waals surface area contributed by atoms with Crippen LogP contribution in [0.4, 0.5) is 0 Å². The van der Waals surface area contributed by atoms with E-state index < -0.39 is 33.8 Å². The molecule has 0 radical (unpaired) electrons. The van der Waals surface area contributed by atoms with Crippen molar-refractivity contribution in [3.63, 3.8) is 0 Å². The van der Waals surface area contributed by atoms with Gasteiger partial charge in [-0.25, -0.2) is 13.9 Å². The summed E-state index contributed by atoms with van der Waals surface area (Å²) < 4.78 is 31.8. The Balaban J connectivity index is 3.36. The van der Waals surface area contributed by atoms with Crippen LogP contribution < -0.4 is 16.0 Å². The number of methoxy groups -OCH3 is 1. The zero-order valence-electron chi connectivity index (χ0n) is 14.3. The van der Waals surface area contributed by atoms with Gasteiger partial charge in [0.2, 0.25) is 15.9 Å². The number of carbonyl (C=O) groups is 2. The van der Waals surface area contributed by atoms with E-state index in [1.54, 1.807) is 13.8 Å². The van der Waals surface area contributed by atoms with Crippen molar-refractivity contribution < 1.29 is 28.0 Å². The Hall–Kier alpha value is -2.17. The van der Waals surface area contributed by atoms with Crippen LogP contribution in [0.25, 0.3) is 0 Å². The van der Waals surface area contributed by atoms with Gasteiger partial charge in [-0.1, -0.05) is 13.8 Å². The van der Waals surface area contributed by atoms with Gasteiger partial charge in [0.25, 0.3) is 5.91 Å². The highest BCUT2D eigenvalue weighted by atomic mass is 32.2. The van der Waals surface area contributed by atoms with Crippen LogP contribution >= 0.6 is 0 Å². The molecular weight excluding hydrogens is 350 g/mol. The minimum Gasteiger partial charge on any atom is -0.497 e. The van der Waals surface area contributed by atoms with Crippen LogP contribution in [0, 0.1) is 5.92 Å². The number of carbonyl (C=O) groups excluding carboxylic acids is 2. The lowest BCUT2D eigenvalue weighted by molar-refractivity contribution is -0.135. The first-order chi connectivity index (χ1) is 11.6. The molecule has 1 aromatic carbocycles. The predicted molar refractivity (Wildman–Crippen MR) is 89.3 cm³/mol. The van der Waals surface area contributed by atoms with E-state index >= 15 is 0 Å². The third kappa shape index (κ3) is 5.15. The van der Waals surface area contributed by atoms with Gasteiger partial charge in [0, 0.05) is 13.0 Å². The van der Waals surface area contributed by atoms with E-state index in [0.717, 1.165) is 4.31 Å². The van der Waals surface area contributed by atoms with Crippen molar-refractivity contribution in [2.75, 3.05) is 13.7 Å². The first-order valence-electron chi connectivity index (χ1n) is 7.53. The maximum Gasteiger partial charge on any atom is 0.262 e. The Morgan fingerprint density at radius 1 is 1.28 bits per heavy atom. The standard InChI is InChI=1S/C15H23N3O6S/c1-10(2)14(15(20)17-21)18(9-8-13(16)19)25(22,23)12-6-4-11(24-3)5-7-12/h4-7,10,14,21H,8-9H2,1-3H3,(H2,16,19)(H,17,20)/t14-/m1/s1. The number of benzene rings is 1. The molecule has 25 heavy (non-hydrogen) atoms. The first-order valence-corrected chi connectivity index (χ1v) is 8.97. The average Bonchev–Trinajstić information content (AvgIpc) is 2.57. The molecule has 140 valence electrons. The highest BCUT2D eigenvalue weighted by Crippen LogP contribution is 2.24. The number of nitrogens with zero attached hydrogens (tertiary/aromatic N) is 1. The Kier molecular flexibility index (Phi) is 7.34. The SMILES string of the molecule is COc1ccc(S(=O)(=O)N(CCC(N)=O)[C@@H](C(=O)NO)C(C)C)cc1. The van der Waals surface area contributed by atoms with E-state index in [-0.39, 0.29) is 17.9 Å². The van der Waals surface area contributed by atoms with Crippen molar-refractivity contribution in [3.05, 3.63) is 24.3 Å². The predicted octanol–water partition coefficient (Wildman–Crippen LogP) is 0.0913. The van der Waals surface area contributed by atoms with Gasteiger partial charge in [0.15, 0.2) is 0 Å². The summed E-state index contributed by atoms with van der Waals surface area (Å²) in [6, 6.07) is 4.39. The lowest BCUT2D eigenvalue weighted by atomic mass is 10.0. The maximum absolute atomic E-state index is 13.0. The van der Waals surface area contributed by atoms with Gasteiger partial charge in [0.1, 0.15) is 11.8 Å². The number of primary amides is 1. The molecule has 4 N–H and O–H groups in total. The molecule has 0 saturated carbocycles. The number of hydrogen-bond acceptors (Lipinski definition) is 6. The number of hydroxylamine groups is 1. The number of nitrogens with one attached hydrogen (secondary N) is 1. The highest BCUT2D eigenvalue weighted by molar-refractivity contribution is 7.89. The molecule has 0 unspecified atom stereocenters. The summed E-state index contributed by atoms with van der Waals surface area (Å²) in [5.74, 6) is -1.59. The second kappa shape index (κ2) is 8.79. The number of ether oxygens (including phenoxy) is 1. The summed E-state index contributed by atoms with van der Waals surface area (Å²) in [5, 5.41) is 8.96. The van der Waals surface area contributed by atoms with Crippen LogP contribution in [-0.4, -0.2) is 49.4 Å². The molecule has 0 heterocycles. The topological polar surface area (TPSA) is 139 Å². The van der Waals surface area contributed by atoms with Crippen LogP contribution in [0.1, 0.15) is 20.3 Å². The van der Waals surface area contributed by atoms with Gasteiger partial charge in [0.05, 0.1) is 12.0 Å². The van der Waals surface area contributed by atoms with E-state index in [1.807, 2.05) is 0 Å². The molecule has 0 bridgehead atoms. The molecule has 1 rings (SSSR count). The smallest absolute Gasteiger partial charge is 0.262 e. The summed E-state index contributed by atoms with van der Waals surface area (Å²) >= 11 is 0. The lowest BCUT2D eigenvalue weighted by Crippen LogP contribution is -2.52. The Morgan fingerprint density at radius 2 is 1.84 bits per heavy atom. The second-order valence-corrected chi connectivity index (χ2v) is 7.56. The third-order valence-electron chi connectivity index (χ3n) is 3.57. The molecule has 0 saturated heterocycles. The number of rotatable bonds is 9. The maximum atomic E-state index is 13.0. The molecule has 0 spiro atoms. The number of sulfonamides is 1. The van der Waals surface area contributed by atoms with Gasteiger partial charge in [-0.3, -0.25) is 14.8 Å². The van der Waals surface area contributed by atoms with Crippen molar-refractivity contribution >= 4 is 21.8 Å². The van der Waals surface area contributed by atoms with Crippen molar-refractivity contribution in [1.82, 2.24) is 9.79 Å². The van der Waals surface area contributed by atoms with Gasteiger partial charge < -0.3 is 10.5 Å². The van der Waals surface area contributed by atoms with Crippen molar-refractivity contribution in [1.29, 1.82) is 0 Å². The Bertz CT molecular complexity index is 702. The van der Waals surface area contributed by atoms with Crippen molar-refractivity contribution in [2.24, 2.45) is 11.7 Å². The molecule has 0 aliphatic heterocycles. The molecule has 1 atom stereocenters. The fraction of sp³-hybridized carbons (Fsp3) is 0.467. The largest absolute Gasteiger partial charge is 0.497 e. The third-order valence-corrected chi connectivity index (χ3v) is 5.46. The fourth-order valence-electron chi connectivity index (χ4n) is 2.34. The van der Waals surface area contributed by atoms with E-state index in [2.05, 4.69) is 0 Å². The summed E-state index contributed by atoms with van der Waals surface area (Å²) in [5.41, 5.74) is 6.59. The number of amides is 2. The van der Waals surface area contributed by atoms with Gasteiger partial charge >= 0.3 is 0 Å². The van der Waals surface area contributed by atoms with E-state index in [9.17, 15) is 18.0 Å². The van der Waals surface area contributed by atoms with Gasteiger partial charge in [-0.15, -0.1) is 0 Å². The normalized spacial score (nSPS) is 12.9. The van der Waals surface area contributed by atoms with Gasteiger partial charge in [-0.2, -0.15) is 4.31 Å². The van der Waals surface area contributed by atoms with E-state index in [0.29, 0.717) is 5.75 Å². The van der Waals surface area contributed by atoms with Crippen LogP contribution in [-0.2, 0) is 19.6 Å². The Morgan fingerprint density at radius 3 is 2.24 bits per heavy atom. The molecule has 0 fully saturated rings. The summed E-state index contributed by atoms with van der Waals surface area (Å²) in [4.78, 5) is 23.1. The lowest BCUT2D eigenvalue weighted by Gasteiger charge is -2.31. The van der Waals surface area contributed by atoms with Crippen LogP contribution in [0.5, 0.6) is 5.75 Å². The molecule has 0 aliphatic carbocycles. The van der Waals surface area contributed by atoms with Crippen LogP contribution in [0.2, 0.25) is 0 Å². The summed E-state index contributed by atoms with van der Waals surface area (Å²) in [7, 11) is -2.68. The molecule has 2 amide bonds. The van der Waals surface area contributed by atoms with E-state index in [4.69, 9.17) is 15.7 Å². The number of hydrogen-bond donors (Lipinski definition) is 3. The van der Waals surface area contributed by atoms with Crippen molar-refractivity contribution in [3.8, 4) is 5.75 Å². The van der Waals surface area contributed by atoms with Crippen LogP contribution in [0.15, 0.2) is 29.2 Å². The first kappa shape index (κ1) is 20.9. The van der Waals surface area contributed by atoms with Crippen LogP contribution in [0.3, 0.4) is 0 Å². The minimum atomic E-state index is -4.12. The van der Waals surface area contributed by atoms with Gasteiger partial charge in [-0.05, 0) is 30.2 Å². The summed E-state index contributed by atoms with van der Waals surface area (Å²) in [6.07, 6.45) is -0.267. The monoisotopic (exact) mass is 373 g/mol. The van der Waals surface area contributed by atoms with E-state index in [1.165, 1.54) is 36.9 Å². The van der Waals surface area contributed by atoms with Crippen molar-refractivity contribution in [2.45, 2.75) is 31.2 Å². The average molecular weight is 373 g/mol. The fourth-order valence-corrected chi connectivity index (χ4v) is 4.07. The second-order valence-electron chi connectivity index (χ2n) is 5.67. The molecular formula is C15H23N3O6S. The molecule has 0 aromatic heterocycles. The number of nitrogens with two attached hydrogens (primary N) is 1. The molecule has 0 aliphatic rings. The molecule has 9 nitrogen and oxygen atoms in total. The highest BCUT2D eigenvalue weighted by Gasteiger charge is 2.37.